The van der Waals surface area contributed by atoms with Crippen LogP contribution in [0.25, 0.3) is 5.69 Å². The van der Waals surface area contributed by atoms with Crippen LogP contribution in [0, 0.1) is 5.92 Å². The van der Waals surface area contributed by atoms with Crippen LogP contribution < -0.4 is 5.32 Å². The summed E-state index contributed by atoms with van der Waals surface area (Å²) in [4.78, 5) is 0. The fraction of sp³-hybridized carbons (Fsp3) is 0.429. The van der Waals surface area contributed by atoms with Gasteiger partial charge in [-0.1, -0.05) is 17.3 Å². The third-order valence-corrected chi connectivity index (χ3v) is 3.55. The number of benzene rings is 1. The van der Waals surface area contributed by atoms with E-state index in [2.05, 4.69) is 39.9 Å². The summed E-state index contributed by atoms with van der Waals surface area (Å²) in [7, 11) is 0. The minimum atomic E-state index is 0.788. The summed E-state index contributed by atoms with van der Waals surface area (Å²) in [6, 6.07) is 8.62. The van der Waals surface area contributed by atoms with Gasteiger partial charge in [-0.05, 0) is 56.0 Å². The third-order valence-electron chi connectivity index (χ3n) is 3.55. The second-order valence-electron chi connectivity index (χ2n) is 4.93. The van der Waals surface area contributed by atoms with E-state index >= 15 is 0 Å². The standard InChI is InChI=1S/C14H18N4/c1-2-13(11-15-7-1)10-12-3-5-14(6-4-12)18-9-8-16-17-18/h3-6,8-9,13,15H,1-2,7,10-11H2. The number of hydrogen-bond acceptors (Lipinski definition) is 3. The van der Waals surface area contributed by atoms with Crippen molar-refractivity contribution < 1.29 is 0 Å². The van der Waals surface area contributed by atoms with Crippen molar-refractivity contribution in [2.45, 2.75) is 19.3 Å². The van der Waals surface area contributed by atoms with Gasteiger partial charge in [-0.25, -0.2) is 4.68 Å². The predicted molar refractivity (Wildman–Crippen MR) is 70.7 cm³/mol. The molecule has 1 fully saturated rings. The fourth-order valence-corrected chi connectivity index (χ4v) is 2.56. The molecule has 3 rings (SSSR count). The molecule has 1 saturated heterocycles. The van der Waals surface area contributed by atoms with Gasteiger partial charge in [0, 0.05) is 0 Å². The molecule has 1 aromatic carbocycles. The first kappa shape index (κ1) is 11.4. The molecule has 1 aliphatic heterocycles. The van der Waals surface area contributed by atoms with E-state index in [1.54, 1.807) is 10.9 Å². The van der Waals surface area contributed by atoms with Gasteiger partial charge < -0.3 is 5.32 Å². The van der Waals surface area contributed by atoms with Crippen LogP contribution in [0.4, 0.5) is 0 Å². The van der Waals surface area contributed by atoms with Crippen molar-refractivity contribution in [2.24, 2.45) is 5.92 Å². The monoisotopic (exact) mass is 242 g/mol. The van der Waals surface area contributed by atoms with Crippen LogP contribution in [0.1, 0.15) is 18.4 Å². The summed E-state index contributed by atoms with van der Waals surface area (Å²) in [5, 5.41) is 11.3. The summed E-state index contributed by atoms with van der Waals surface area (Å²) < 4.78 is 1.78. The minimum absolute atomic E-state index is 0.788. The van der Waals surface area contributed by atoms with Gasteiger partial charge >= 0.3 is 0 Å². The van der Waals surface area contributed by atoms with Crippen molar-refractivity contribution in [3.05, 3.63) is 42.2 Å². The van der Waals surface area contributed by atoms with Gasteiger partial charge in [0.05, 0.1) is 18.1 Å². The van der Waals surface area contributed by atoms with E-state index in [0.29, 0.717) is 0 Å². The number of rotatable bonds is 3. The highest BCUT2D eigenvalue weighted by molar-refractivity contribution is 5.33. The number of nitrogens with zero attached hydrogens (tertiary/aromatic N) is 3. The molecule has 1 N–H and O–H groups in total. The molecule has 0 radical (unpaired) electrons. The van der Waals surface area contributed by atoms with Crippen LogP contribution in [0.3, 0.4) is 0 Å². The Morgan fingerprint density at radius 2 is 2.17 bits per heavy atom. The van der Waals surface area contributed by atoms with E-state index in [0.717, 1.165) is 18.2 Å². The Labute approximate surface area is 107 Å². The molecule has 2 heterocycles. The van der Waals surface area contributed by atoms with Crippen molar-refractivity contribution >= 4 is 0 Å². The summed E-state index contributed by atoms with van der Waals surface area (Å²) in [6.45, 7) is 2.34. The van der Waals surface area contributed by atoms with E-state index in [1.807, 2.05) is 6.20 Å². The Balaban J connectivity index is 1.67. The molecule has 1 atom stereocenters. The Bertz CT molecular complexity index is 469. The molecule has 4 heteroatoms. The molecule has 18 heavy (non-hydrogen) atoms. The highest BCUT2D eigenvalue weighted by Gasteiger charge is 2.13. The van der Waals surface area contributed by atoms with Crippen molar-refractivity contribution in [3.8, 4) is 5.69 Å². The second kappa shape index (κ2) is 5.31. The van der Waals surface area contributed by atoms with E-state index in [1.165, 1.54) is 31.4 Å². The van der Waals surface area contributed by atoms with Crippen LogP contribution >= 0.6 is 0 Å². The molecule has 1 aromatic heterocycles. The first-order chi connectivity index (χ1) is 8.92. The number of aromatic nitrogens is 3. The Morgan fingerprint density at radius 1 is 1.28 bits per heavy atom. The maximum Gasteiger partial charge on any atom is 0.0697 e. The second-order valence-corrected chi connectivity index (χ2v) is 4.93. The quantitative estimate of drug-likeness (QED) is 0.892. The largest absolute Gasteiger partial charge is 0.316 e. The van der Waals surface area contributed by atoms with Crippen LogP contribution in [0.5, 0.6) is 0 Å². The summed E-state index contributed by atoms with van der Waals surface area (Å²) in [6.07, 6.45) is 7.38. The smallest absolute Gasteiger partial charge is 0.0697 e. The molecule has 94 valence electrons. The molecule has 1 aliphatic rings. The molecule has 2 aromatic rings. The van der Waals surface area contributed by atoms with E-state index in [4.69, 9.17) is 0 Å². The van der Waals surface area contributed by atoms with Crippen LogP contribution in [-0.4, -0.2) is 28.1 Å². The lowest BCUT2D eigenvalue weighted by molar-refractivity contribution is 0.376. The summed E-state index contributed by atoms with van der Waals surface area (Å²) in [5.41, 5.74) is 2.48. The van der Waals surface area contributed by atoms with E-state index in [9.17, 15) is 0 Å². The first-order valence-electron chi connectivity index (χ1n) is 6.58. The van der Waals surface area contributed by atoms with Gasteiger partial charge in [0.1, 0.15) is 0 Å². The number of piperidine rings is 1. The lowest BCUT2D eigenvalue weighted by atomic mass is 9.92. The van der Waals surface area contributed by atoms with Gasteiger partial charge in [-0.15, -0.1) is 5.10 Å². The zero-order valence-electron chi connectivity index (χ0n) is 10.4. The average molecular weight is 242 g/mol. The normalized spacial score (nSPS) is 19.9. The average Bonchev–Trinajstić information content (AvgIpc) is 2.95. The van der Waals surface area contributed by atoms with Crippen LogP contribution in [0.15, 0.2) is 36.7 Å². The maximum absolute atomic E-state index is 3.99. The topological polar surface area (TPSA) is 42.7 Å². The van der Waals surface area contributed by atoms with Gasteiger partial charge in [-0.2, -0.15) is 0 Å². The zero-order valence-corrected chi connectivity index (χ0v) is 10.4. The lowest BCUT2D eigenvalue weighted by Crippen LogP contribution is -2.30. The van der Waals surface area contributed by atoms with Crippen molar-refractivity contribution in [3.63, 3.8) is 0 Å². The summed E-state index contributed by atoms with van der Waals surface area (Å²) in [5.74, 6) is 0.788. The van der Waals surface area contributed by atoms with Gasteiger partial charge in [0.15, 0.2) is 0 Å². The molecular weight excluding hydrogens is 224 g/mol. The van der Waals surface area contributed by atoms with Crippen molar-refractivity contribution in [2.75, 3.05) is 13.1 Å². The van der Waals surface area contributed by atoms with Gasteiger partial charge in [-0.3, -0.25) is 0 Å². The van der Waals surface area contributed by atoms with Crippen molar-refractivity contribution in [1.82, 2.24) is 20.3 Å². The summed E-state index contributed by atoms with van der Waals surface area (Å²) >= 11 is 0. The van der Waals surface area contributed by atoms with Gasteiger partial charge in [0.25, 0.3) is 0 Å². The molecule has 1 unspecified atom stereocenters. The Morgan fingerprint density at radius 3 is 2.83 bits per heavy atom. The molecule has 0 amide bonds. The Hall–Kier alpha value is -1.68. The van der Waals surface area contributed by atoms with Crippen LogP contribution in [0.2, 0.25) is 0 Å². The highest BCUT2D eigenvalue weighted by Crippen LogP contribution is 2.17. The molecule has 4 nitrogen and oxygen atoms in total. The third kappa shape index (κ3) is 2.59. The fourth-order valence-electron chi connectivity index (χ4n) is 2.56. The van der Waals surface area contributed by atoms with E-state index < -0.39 is 0 Å². The molecule has 0 aliphatic carbocycles. The minimum Gasteiger partial charge on any atom is -0.316 e. The first-order valence-corrected chi connectivity index (χ1v) is 6.58. The molecular formula is C14H18N4. The number of hydrogen-bond donors (Lipinski definition) is 1. The lowest BCUT2D eigenvalue weighted by Gasteiger charge is -2.22. The SMILES string of the molecule is c1cn(-c2ccc(CC3CCCNC3)cc2)nn1. The van der Waals surface area contributed by atoms with Crippen LogP contribution in [-0.2, 0) is 6.42 Å². The predicted octanol–water partition coefficient (Wildman–Crippen LogP) is 1.81. The maximum atomic E-state index is 3.99. The molecule has 0 saturated carbocycles. The number of nitrogens with one attached hydrogen (secondary N) is 1. The van der Waals surface area contributed by atoms with E-state index in [-0.39, 0.29) is 0 Å². The Kier molecular flexibility index (Phi) is 3.37. The molecule has 0 bridgehead atoms. The van der Waals surface area contributed by atoms with Gasteiger partial charge in [0.2, 0.25) is 0 Å². The zero-order chi connectivity index (χ0) is 12.2. The highest BCUT2D eigenvalue weighted by atomic mass is 15.4. The molecule has 0 spiro atoms. The van der Waals surface area contributed by atoms with Crippen molar-refractivity contribution in [1.29, 1.82) is 0 Å².